The van der Waals surface area contributed by atoms with Gasteiger partial charge in [0.2, 0.25) is 5.91 Å². The summed E-state index contributed by atoms with van der Waals surface area (Å²) in [6.45, 7) is 0.612. The van der Waals surface area contributed by atoms with Gasteiger partial charge in [-0.25, -0.2) is 0 Å². The fourth-order valence-electron chi connectivity index (χ4n) is 3.09. The normalized spacial score (nSPS) is 12.3. The molecule has 0 radical (unpaired) electrons. The van der Waals surface area contributed by atoms with E-state index in [-0.39, 0.29) is 29.6 Å². The summed E-state index contributed by atoms with van der Waals surface area (Å²) >= 11 is 11.7. The highest BCUT2D eigenvalue weighted by Gasteiger charge is 2.30. The Morgan fingerprint density at radius 3 is 2.73 bits per heavy atom. The van der Waals surface area contributed by atoms with Crippen molar-refractivity contribution in [2.75, 3.05) is 16.5 Å². The highest BCUT2D eigenvalue weighted by Crippen LogP contribution is 2.34. The van der Waals surface area contributed by atoms with Crippen LogP contribution in [0.2, 0.25) is 5.02 Å². The Morgan fingerprint density at radius 2 is 2.04 bits per heavy atom. The molecule has 1 aromatic carbocycles. The second kappa shape index (κ2) is 7.81. The number of para-hydroxylation sites is 1. The highest BCUT2D eigenvalue weighted by molar-refractivity contribution is 6.34. The van der Waals surface area contributed by atoms with Gasteiger partial charge in [0, 0.05) is 24.5 Å². The van der Waals surface area contributed by atoms with Gasteiger partial charge in [-0.05, 0) is 25.0 Å². The smallest absolute Gasteiger partial charge is 0.274 e. The minimum Gasteiger partial charge on any atom is -0.337 e. The molecule has 0 fully saturated rings. The molecule has 2 heterocycles. The number of hydrogen-bond donors (Lipinski definition) is 2. The second-order valence-electron chi connectivity index (χ2n) is 5.83. The predicted molar refractivity (Wildman–Crippen MR) is 101 cm³/mol. The van der Waals surface area contributed by atoms with Gasteiger partial charge in [0.1, 0.15) is 11.8 Å². The van der Waals surface area contributed by atoms with Gasteiger partial charge in [0.15, 0.2) is 0 Å². The summed E-state index contributed by atoms with van der Waals surface area (Å²) < 4.78 is 1.79. The van der Waals surface area contributed by atoms with Crippen LogP contribution >= 0.6 is 23.2 Å². The maximum absolute atomic E-state index is 12.9. The molecule has 0 bridgehead atoms. The first kappa shape index (κ1) is 18.3. The molecule has 2 aromatic rings. The zero-order valence-electron chi connectivity index (χ0n) is 13.8. The molecule has 0 atom stereocenters. The number of amides is 2. The Balaban J connectivity index is 2.02. The summed E-state index contributed by atoms with van der Waals surface area (Å²) in [6, 6.07) is 9.00. The van der Waals surface area contributed by atoms with Crippen molar-refractivity contribution in [3.8, 4) is 6.07 Å². The van der Waals surface area contributed by atoms with Gasteiger partial charge in [-0.1, -0.05) is 23.7 Å². The van der Waals surface area contributed by atoms with Crippen LogP contribution in [0.3, 0.4) is 0 Å². The maximum Gasteiger partial charge on any atom is 0.274 e. The van der Waals surface area contributed by atoms with Crippen LogP contribution in [0.15, 0.2) is 24.3 Å². The molecule has 0 spiro atoms. The summed E-state index contributed by atoms with van der Waals surface area (Å²) in [5, 5.41) is 15.4. The molecule has 0 aliphatic carbocycles. The van der Waals surface area contributed by atoms with Crippen LogP contribution in [0, 0.1) is 11.3 Å². The minimum absolute atomic E-state index is 0.0957. The van der Waals surface area contributed by atoms with Crippen molar-refractivity contribution in [1.29, 1.82) is 5.26 Å². The molecule has 1 aliphatic rings. The second-order valence-corrected chi connectivity index (χ2v) is 6.62. The van der Waals surface area contributed by atoms with Crippen molar-refractivity contribution in [3.63, 3.8) is 0 Å². The average Bonchev–Trinajstić information content (AvgIpc) is 3.17. The number of halogens is 2. The van der Waals surface area contributed by atoms with Gasteiger partial charge in [-0.3, -0.25) is 9.59 Å². The van der Waals surface area contributed by atoms with Crippen molar-refractivity contribution in [3.05, 3.63) is 46.2 Å². The molecule has 26 heavy (non-hydrogen) atoms. The number of benzene rings is 1. The van der Waals surface area contributed by atoms with Crippen molar-refractivity contribution in [1.82, 2.24) is 4.57 Å². The minimum atomic E-state index is -0.427. The number of aromatic nitrogens is 1. The third-order valence-corrected chi connectivity index (χ3v) is 4.72. The molecule has 1 aromatic heterocycles. The Kier molecular flexibility index (Phi) is 5.50. The molecular weight excluding hydrogens is 375 g/mol. The topological polar surface area (TPSA) is 86.9 Å². The largest absolute Gasteiger partial charge is 0.337 e. The third-order valence-electron chi connectivity index (χ3n) is 4.20. The monoisotopic (exact) mass is 390 g/mol. The molecule has 0 saturated carbocycles. The number of rotatable bonds is 5. The number of nitriles is 1. The Labute approximate surface area is 160 Å². The van der Waals surface area contributed by atoms with Gasteiger partial charge in [-0.2, -0.15) is 5.26 Å². The molecule has 3 rings (SSSR count). The van der Waals surface area contributed by atoms with Crippen LogP contribution in [0.4, 0.5) is 11.4 Å². The lowest BCUT2D eigenvalue weighted by Gasteiger charge is -2.12. The number of anilines is 2. The lowest BCUT2D eigenvalue weighted by Crippen LogP contribution is -2.21. The summed E-state index contributed by atoms with van der Waals surface area (Å²) in [4.78, 5) is 25.0. The van der Waals surface area contributed by atoms with Gasteiger partial charge in [-0.15, -0.1) is 11.6 Å². The van der Waals surface area contributed by atoms with Gasteiger partial charge < -0.3 is 15.2 Å². The molecule has 6 nitrogen and oxygen atoms in total. The van der Waals surface area contributed by atoms with Crippen LogP contribution in [0.5, 0.6) is 0 Å². The summed E-state index contributed by atoms with van der Waals surface area (Å²) in [6.07, 6.45) is 1.62. The molecule has 8 heteroatoms. The highest BCUT2D eigenvalue weighted by atomic mass is 35.5. The van der Waals surface area contributed by atoms with E-state index >= 15 is 0 Å². The van der Waals surface area contributed by atoms with Crippen LogP contribution in [-0.2, 0) is 17.8 Å². The summed E-state index contributed by atoms with van der Waals surface area (Å²) in [5.74, 6) is -0.612. The molecule has 2 amide bonds. The zero-order chi connectivity index (χ0) is 18.7. The van der Waals surface area contributed by atoms with Gasteiger partial charge in [0.25, 0.3) is 5.91 Å². The number of carbonyl (C=O) groups is 2. The molecule has 0 unspecified atom stereocenters. The van der Waals surface area contributed by atoms with Crippen LogP contribution < -0.4 is 10.6 Å². The number of nitrogens with one attached hydrogen (secondary N) is 2. The standard InChI is InChI=1S/C18H16Cl2N4O2/c19-8-7-15(25)23-16-11(10-21)14-6-3-9-24(14)17(16)18(26)22-13-5-2-1-4-12(13)20/h1-2,4-5H,3,6-9H2,(H,22,26)(H,23,25). The molecule has 0 saturated heterocycles. The van der Waals surface area contributed by atoms with E-state index in [2.05, 4.69) is 16.7 Å². The maximum atomic E-state index is 12.9. The third kappa shape index (κ3) is 3.41. The number of nitrogens with zero attached hydrogens (tertiary/aromatic N) is 2. The zero-order valence-corrected chi connectivity index (χ0v) is 15.3. The van der Waals surface area contributed by atoms with E-state index in [1.54, 1.807) is 28.8 Å². The lowest BCUT2D eigenvalue weighted by molar-refractivity contribution is -0.115. The Bertz CT molecular complexity index is 915. The number of carbonyl (C=O) groups excluding carboxylic acids is 2. The predicted octanol–water partition coefficient (Wildman–Crippen LogP) is 3.78. The number of hydrogen-bond acceptors (Lipinski definition) is 3. The van der Waals surface area contributed by atoms with E-state index in [9.17, 15) is 14.9 Å². The first-order chi connectivity index (χ1) is 12.6. The van der Waals surface area contributed by atoms with Crippen molar-refractivity contribution >= 4 is 46.4 Å². The summed E-state index contributed by atoms with van der Waals surface area (Å²) in [7, 11) is 0. The lowest BCUT2D eigenvalue weighted by atomic mass is 10.1. The van der Waals surface area contributed by atoms with Crippen molar-refractivity contribution in [2.45, 2.75) is 25.8 Å². The molecular formula is C18H16Cl2N4O2. The van der Waals surface area contributed by atoms with E-state index in [1.807, 2.05) is 0 Å². The van der Waals surface area contributed by atoms with E-state index in [0.29, 0.717) is 29.2 Å². The van der Waals surface area contributed by atoms with E-state index in [0.717, 1.165) is 12.1 Å². The average molecular weight is 391 g/mol. The Hall–Kier alpha value is -2.49. The number of alkyl halides is 1. The number of fused-ring (bicyclic) bond motifs is 1. The van der Waals surface area contributed by atoms with E-state index in [4.69, 9.17) is 23.2 Å². The van der Waals surface area contributed by atoms with Crippen molar-refractivity contribution in [2.24, 2.45) is 0 Å². The van der Waals surface area contributed by atoms with E-state index in [1.165, 1.54) is 0 Å². The summed E-state index contributed by atoms with van der Waals surface area (Å²) in [5.41, 5.74) is 2.05. The molecule has 1 aliphatic heterocycles. The van der Waals surface area contributed by atoms with E-state index < -0.39 is 5.91 Å². The quantitative estimate of drug-likeness (QED) is 0.761. The SMILES string of the molecule is N#Cc1c(NC(=O)CCCl)c(C(=O)Nc2ccccc2Cl)n2c1CCC2. The van der Waals surface area contributed by atoms with Gasteiger partial charge in [0.05, 0.1) is 22.0 Å². The fraction of sp³-hybridized carbons (Fsp3) is 0.278. The first-order valence-electron chi connectivity index (χ1n) is 8.14. The molecule has 2 N–H and O–H groups in total. The molecule has 134 valence electrons. The Morgan fingerprint density at radius 1 is 1.27 bits per heavy atom. The van der Waals surface area contributed by atoms with Crippen LogP contribution in [0.1, 0.15) is 34.6 Å². The van der Waals surface area contributed by atoms with Crippen molar-refractivity contribution < 1.29 is 9.59 Å². The first-order valence-corrected chi connectivity index (χ1v) is 9.05. The fourth-order valence-corrected chi connectivity index (χ4v) is 3.44. The van der Waals surface area contributed by atoms with Crippen LogP contribution in [0.25, 0.3) is 0 Å². The van der Waals surface area contributed by atoms with Gasteiger partial charge >= 0.3 is 0 Å². The van der Waals surface area contributed by atoms with Crippen LogP contribution in [-0.4, -0.2) is 22.3 Å².